The third-order valence-electron chi connectivity index (χ3n) is 3.41. The Labute approximate surface area is 151 Å². The second-order valence-electron chi connectivity index (χ2n) is 5.30. The Morgan fingerprint density at radius 1 is 0.692 bits per heavy atom. The van der Waals surface area contributed by atoms with Gasteiger partial charge in [-0.3, -0.25) is 0 Å². The zero-order valence-electron chi connectivity index (χ0n) is 14.1. The van der Waals surface area contributed by atoms with Crippen LogP contribution in [0.15, 0.2) is 48.5 Å². The first-order chi connectivity index (χ1) is 12.6. The summed E-state index contributed by atoms with van der Waals surface area (Å²) in [5.74, 6) is -0.948. The molecule has 0 radical (unpaired) electrons. The fourth-order valence-corrected chi connectivity index (χ4v) is 2.10. The largest absolute Gasteiger partial charge is 0.460 e. The lowest BCUT2D eigenvalue weighted by molar-refractivity contribution is 0.0427. The molecule has 2 rings (SSSR count). The average Bonchev–Trinajstić information content (AvgIpc) is 2.69. The molecule has 0 aromatic heterocycles. The predicted molar refractivity (Wildman–Crippen MR) is 96.5 cm³/mol. The van der Waals surface area contributed by atoms with Crippen molar-refractivity contribution in [2.75, 3.05) is 26.4 Å². The molecule has 2 N–H and O–H groups in total. The smallest absolute Gasteiger partial charge is 0.338 e. The van der Waals surface area contributed by atoms with Gasteiger partial charge in [0.15, 0.2) is 0 Å². The number of hydrogen-bond donors (Lipinski definition) is 2. The first kappa shape index (κ1) is 19.4. The minimum absolute atomic E-state index is 0.0238. The number of hydrogen-bond acceptors (Lipinski definition) is 6. The van der Waals surface area contributed by atoms with Gasteiger partial charge in [0, 0.05) is 0 Å². The van der Waals surface area contributed by atoms with Crippen LogP contribution in [0.1, 0.15) is 31.8 Å². The highest BCUT2D eigenvalue weighted by molar-refractivity contribution is 5.90. The third kappa shape index (κ3) is 5.84. The molecule has 0 saturated carbocycles. The zero-order chi connectivity index (χ0) is 18.8. The first-order valence-electron chi connectivity index (χ1n) is 8.08. The number of aliphatic hydroxyl groups is 2. The van der Waals surface area contributed by atoms with E-state index < -0.39 is 11.9 Å². The van der Waals surface area contributed by atoms with E-state index in [4.69, 9.17) is 19.7 Å². The Balaban J connectivity index is 1.96. The maximum absolute atomic E-state index is 11.6. The van der Waals surface area contributed by atoms with Crippen molar-refractivity contribution in [1.82, 2.24) is 0 Å². The molecule has 0 aliphatic carbocycles. The van der Waals surface area contributed by atoms with Gasteiger partial charge in [0.1, 0.15) is 13.2 Å². The molecule has 6 heteroatoms. The SMILES string of the molecule is O=C(OCCO)c1ccc(/C=C/c2ccc(C(=O)OCCO)cc2)cc1. The normalized spacial score (nSPS) is 10.7. The van der Waals surface area contributed by atoms with Crippen LogP contribution in [0.2, 0.25) is 0 Å². The van der Waals surface area contributed by atoms with Gasteiger partial charge in [0.25, 0.3) is 0 Å². The van der Waals surface area contributed by atoms with Crippen molar-refractivity contribution in [3.05, 3.63) is 70.8 Å². The lowest BCUT2D eigenvalue weighted by Crippen LogP contribution is -2.08. The van der Waals surface area contributed by atoms with Crippen LogP contribution in [0.25, 0.3) is 12.2 Å². The summed E-state index contributed by atoms with van der Waals surface area (Å²) in [5, 5.41) is 17.3. The molecular formula is C20H20O6. The van der Waals surface area contributed by atoms with Gasteiger partial charge in [-0.05, 0) is 35.4 Å². The minimum atomic E-state index is -0.474. The van der Waals surface area contributed by atoms with E-state index >= 15 is 0 Å². The molecule has 0 aliphatic heterocycles. The monoisotopic (exact) mass is 356 g/mol. The van der Waals surface area contributed by atoms with Gasteiger partial charge in [-0.15, -0.1) is 0 Å². The maximum Gasteiger partial charge on any atom is 0.338 e. The molecule has 0 fully saturated rings. The van der Waals surface area contributed by atoms with Gasteiger partial charge in [0.2, 0.25) is 0 Å². The van der Waals surface area contributed by atoms with Crippen molar-refractivity contribution in [3.63, 3.8) is 0 Å². The molecule has 0 unspecified atom stereocenters. The number of rotatable bonds is 8. The number of carbonyl (C=O) groups excluding carboxylic acids is 2. The van der Waals surface area contributed by atoms with Crippen LogP contribution < -0.4 is 0 Å². The standard InChI is InChI=1S/C20H20O6/c21-11-13-25-19(23)17-7-3-15(4-8-17)1-2-16-5-9-18(10-6-16)20(24)26-14-12-22/h1-10,21-22H,11-14H2/b2-1+. The zero-order valence-corrected chi connectivity index (χ0v) is 14.1. The van der Waals surface area contributed by atoms with Crippen LogP contribution in [0.3, 0.4) is 0 Å². The van der Waals surface area contributed by atoms with E-state index in [1.807, 2.05) is 12.2 Å². The number of carbonyl (C=O) groups is 2. The molecule has 0 aliphatic rings. The van der Waals surface area contributed by atoms with Crippen LogP contribution in [-0.4, -0.2) is 48.6 Å². The molecule has 0 atom stereocenters. The molecule has 6 nitrogen and oxygen atoms in total. The molecule has 0 amide bonds. The molecule has 2 aromatic rings. The quantitative estimate of drug-likeness (QED) is 0.556. The summed E-state index contributed by atoms with van der Waals surface area (Å²) in [6.07, 6.45) is 3.75. The van der Waals surface area contributed by atoms with E-state index in [0.717, 1.165) is 11.1 Å². The van der Waals surface area contributed by atoms with Crippen molar-refractivity contribution in [1.29, 1.82) is 0 Å². The van der Waals surface area contributed by atoms with E-state index in [0.29, 0.717) is 11.1 Å². The summed E-state index contributed by atoms with van der Waals surface area (Å²) in [4.78, 5) is 23.3. The molecule has 2 aromatic carbocycles. The number of esters is 2. The Hall–Kier alpha value is -2.96. The fraction of sp³-hybridized carbons (Fsp3) is 0.200. The summed E-state index contributed by atoms with van der Waals surface area (Å²) in [6.45, 7) is -0.455. The van der Waals surface area contributed by atoms with Gasteiger partial charge in [-0.25, -0.2) is 9.59 Å². The molecular weight excluding hydrogens is 336 g/mol. The Morgan fingerprint density at radius 2 is 1.04 bits per heavy atom. The minimum Gasteiger partial charge on any atom is -0.460 e. The highest BCUT2D eigenvalue weighted by atomic mass is 16.5. The van der Waals surface area contributed by atoms with Gasteiger partial charge >= 0.3 is 11.9 Å². The highest BCUT2D eigenvalue weighted by Gasteiger charge is 2.06. The van der Waals surface area contributed by atoms with Crippen LogP contribution >= 0.6 is 0 Å². The van der Waals surface area contributed by atoms with E-state index in [2.05, 4.69) is 0 Å². The van der Waals surface area contributed by atoms with Gasteiger partial charge < -0.3 is 19.7 Å². The van der Waals surface area contributed by atoms with Crippen molar-refractivity contribution in [2.45, 2.75) is 0 Å². The van der Waals surface area contributed by atoms with Crippen molar-refractivity contribution >= 4 is 24.1 Å². The topological polar surface area (TPSA) is 93.1 Å². The van der Waals surface area contributed by atoms with Crippen LogP contribution in [0.5, 0.6) is 0 Å². The second kappa shape index (κ2) is 10.1. The van der Waals surface area contributed by atoms with Crippen molar-refractivity contribution < 1.29 is 29.3 Å². The Bertz CT molecular complexity index is 681. The van der Waals surface area contributed by atoms with E-state index in [1.54, 1.807) is 48.5 Å². The van der Waals surface area contributed by atoms with Crippen LogP contribution in [0, 0.1) is 0 Å². The van der Waals surface area contributed by atoms with Crippen molar-refractivity contribution in [2.24, 2.45) is 0 Å². The molecule has 0 heterocycles. The Kier molecular flexibility index (Phi) is 7.54. The van der Waals surface area contributed by atoms with E-state index in [-0.39, 0.29) is 26.4 Å². The average molecular weight is 356 g/mol. The fourth-order valence-electron chi connectivity index (χ4n) is 2.10. The van der Waals surface area contributed by atoms with Gasteiger partial charge in [-0.1, -0.05) is 36.4 Å². The molecule has 0 bridgehead atoms. The van der Waals surface area contributed by atoms with E-state index in [1.165, 1.54) is 0 Å². The summed E-state index contributed by atoms with van der Waals surface area (Å²) >= 11 is 0. The Morgan fingerprint density at radius 3 is 1.35 bits per heavy atom. The molecule has 0 saturated heterocycles. The molecule has 26 heavy (non-hydrogen) atoms. The lowest BCUT2D eigenvalue weighted by atomic mass is 10.1. The van der Waals surface area contributed by atoms with Crippen molar-refractivity contribution in [3.8, 4) is 0 Å². The third-order valence-corrected chi connectivity index (χ3v) is 3.41. The van der Waals surface area contributed by atoms with Crippen LogP contribution in [0.4, 0.5) is 0 Å². The molecule has 0 spiro atoms. The summed E-state index contributed by atoms with van der Waals surface area (Å²) in [7, 11) is 0. The number of ether oxygens (including phenoxy) is 2. The summed E-state index contributed by atoms with van der Waals surface area (Å²) in [6, 6.07) is 13.7. The van der Waals surface area contributed by atoms with Crippen LogP contribution in [-0.2, 0) is 9.47 Å². The number of benzene rings is 2. The second-order valence-corrected chi connectivity index (χ2v) is 5.30. The lowest BCUT2D eigenvalue weighted by Gasteiger charge is -2.03. The predicted octanol–water partition coefficient (Wildman–Crippen LogP) is 2.16. The number of aliphatic hydroxyl groups excluding tert-OH is 2. The summed E-state index contributed by atoms with van der Waals surface area (Å²) < 4.78 is 9.69. The first-order valence-corrected chi connectivity index (χ1v) is 8.08. The summed E-state index contributed by atoms with van der Waals surface area (Å²) in [5.41, 5.74) is 2.63. The van der Waals surface area contributed by atoms with Gasteiger partial charge in [0.05, 0.1) is 24.3 Å². The van der Waals surface area contributed by atoms with Gasteiger partial charge in [-0.2, -0.15) is 0 Å². The molecule has 136 valence electrons. The van der Waals surface area contributed by atoms with E-state index in [9.17, 15) is 9.59 Å². The highest BCUT2D eigenvalue weighted by Crippen LogP contribution is 2.12. The maximum atomic E-state index is 11.6.